The standard InChI is InChI=1S/C13H27NO/c1-5-14-9-11-6-7-13(2,3)8-12(11)10-15-4/h11-12,14H,5-10H2,1-4H3. The molecule has 1 fully saturated rings. The molecule has 0 spiro atoms. The highest BCUT2D eigenvalue weighted by Crippen LogP contribution is 2.41. The molecule has 15 heavy (non-hydrogen) atoms. The Labute approximate surface area is 94.8 Å². The van der Waals surface area contributed by atoms with Crippen LogP contribution in [0.15, 0.2) is 0 Å². The quantitative estimate of drug-likeness (QED) is 0.758. The summed E-state index contributed by atoms with van der Waals surface area (Å²) in [7, 11) is 1.83. The fourth-order valence-corrected chi connectivity index (χ4v) is 2.80. The molecule has 0 aromatic heterocycles. The van der Waals surface area contributed by atoms with Crippen molar-refractivity contribution in [2.75, 3.05) is 26.8 Å². The zero-order valence-corrected chi connectivity index (χ0v) is 10.8. The van der Waals surface area contributed by atoms with Gasteiger partial charge in [0.1, 0.15) is 0 Å². The van der Waals surface area contributed by atoms with Crippen molar-refractivity contribution in [3.05, 3.63) is 0 Å². The Hall–Kier alpha value is -0.0800. The first-order valence-electron chi connectivity index (χ1n) is 6.28. The first-order chi connectivity index (χ1) is 7.09. The third-order valence-electron chi connectivity index (χ3n) is 3.71. The summed E-state index contributed by atoms with van der Waals surface area (Å²) < 4.78 is 5.36. The van der Waals surface area contributed by atoms with Gasteiger partial charge in [0.05, 0.1) is 0 Å². The third kappa shape index (κ3) is 4.12. The molecular weight excluding hydrogens is 186 g/mol. The van der Waals surface area contributed by atoms with Crippen molar-refractivity contribution < 1.29 is 4.74 Å². The third-order valence-corrected chi connectivity index (χ3v) is 3.71. The van der Waals surface area contributed by atoms with Crippen LogP contribution in [0.2, 0.25) is 0 Å². The lowest BCUT2D eigenvalue weighted by atomic mass is 9.67. The van der Waals surface area contributed by atoms with Gasteiger partial charge in [0, 0.05) is 13.7 Å². The first kappa shape index (κ1) is 13.0. The molecule has 0 heterocycles. The van der Waals surface area contributed by atoms with Crippen LogP contribution >= 0.6 is 0 Å². The van der Waals surface area contributed by atoms with Crippen molar-refractivity contribution in [3.63, 3.8) is 0 Å². The molecule has 1 N–H and O–H groups in total. The second-order valence-corrected chi connectivity index (χ2v) is 5.69. The summed E-state index contributed by atoms with van der Waals surface area (Å²) in [5, 5.41) is 3.48. The van der Waals surface area contributed by atoms with E-state index in [0.29, 0.717) is 5.41 Å². The average Bonchev–Trinajstić information content (AvgIpc) is 2.16. The highest BCUT2D eigenvalue weighted by atomic mass is 16.5. The van der Waals surface area contributed by atoms with Crippen molar-refractivity contribution in [2.45, 2.75) is 40.0 Å². The zero-order chi connectivity index (χ0) is 11.3. The van der Waals surface area contributed by atoms with E-state index in [4.69, 9.17) is 4.74 Å². The molecule has 0 aromatic carbocycles. The maximum Gasteiger partial charge on any atom is 0.0493 e. The van der Waals surface area contributed by atoms with E-state index in [-0.39, 0.29) is 0 Å². The summed E-state index contributed by atoms with van der Waals surface area (Å²) >= 11 is 0. The lowest BCUT2D eigenvalue weighted by Crippen LogP contribution is -2.37. The van der Waals surface area contributed by atoms with E-state index in [2.05, 4.69) is 26.1 Å². The minimum atomic E-state index is 0.520. The molecule has 2 heteroatoms. The van der Waals surface area contributed by atoms with Crippen molar-refractivity contribution in [2.24, 2.45) is 17.3 Å². The Kier molecular flexibility index (Phi) is 5.07. The van der Waals surface area contributed by atoms with Crippen molar-refractivity contribution in [3.8, 4) is 0 Å². The molecule has 1 rings (SSSR count). The van der Waals surface area contributed by atoms with Crippen LogP contribution < -0.4 is 5.32 Å². The van der Waals surface area contributed by atoms with Crippen LogP contribution in [-0.2, 0) is 4.74 Å². The number of nitrogens with one attached hydrogen (secondary N) is 1. The Morgan fingerprint density at radius 3 is 2.67 bits per heavy atom. The molecule has 2 atom stereocenters. The van der Waals surface area contributed by atoms with Crippen molar-refractivity contribution in [1.29, 1.82) is 0 Å². The Morgan fingerprint density at radius 2 is 2.07 bits per heavy atom. The predicted molar refractivity (Wildman–Crippen MR) is 65.0 cm³/mol. The summed E-state index contributed by atoms with van der Waals surface area (Å²) in [6.07, 6.45) is 4.04. The van der Waals surface area contributed by atoms with E-state index in [0.717, 1.165) is 25.0 Å². The molecule has 0 aromatic rings. The van der Waals surface area contributed by atoms with E-state index in [9.17, 15) is 0 Å². The molecule has 0 amide bonds. The Balaban J connectivity index is 2.47. The largest absolute Gasteiger partial charge is 0.384 e. The molecule has 1 aliphatic rings. The maximum atomic E-state index is 5.36. The van der Waals surface area contributed by atoms with Crippen LogP contribution in [0.5, 0.6) is 0 Å². The molecule has 0 aliphatic heterocycles. The second-order valence-electron chi connectivity index (χ2n) is 5.69. The van der Waals surface area contributed by atoms with Gasteiger partial charge in [-0.05, 0) is 49.6 Å². The van der Waals surface area contributed by atoms with Gasteiger partial charge < -0.3 is 10.1 Å². The van der Waals surface area contributed by atoms with Crippen LogP contribution in [-0.4, -0.2) is 26.8 Å². The van der Waals surface area contributed by atoms with E-state index >= 15 is 0 Å². The predicted octanol–water partition coefficient (Wildman–Crippen LogP) is 2.68. The van der Waals surface area contributed by atoms with Crippen LogP contribution in [0, 0.1) is 17.3 Å². The van der Waals surface area contributed by atoms with E-state index in [1.807, 2.05) is 7.11 Å². The molecular formula is C13H27NO. The van der Waals surface area contributed by atoms with Gasteiger partial charge in [0.2, 0.25) is 0 Å². The van der Waals surface area contributed by atoms with Gasteiger partial charge in [-0.1, -0.05) is 20.8 Å². The second kappa shape index (κ2) is 5.86. The van der Waals surface area contributed by atoms with Gasteiger partial charge in [-0.15, -0.1) is 0 Å². The number of methoxy groups -OCH3 is 1. The molecule has 90 valence electrons. The normalized spacial score (nSPS) is 30.4. The van der Waals surface area contributed by atoms with E-state index in [1.54, 1.807) is 0 Å². The van der Waals surface area contributed by atoms with Gasteiger partial charge >= 0.3 is 0 Å². The maximum absolute atomic E-state index is 5.36. The average molecular weight is 213 g/mol. The molecule has 2 nitrogen and oxygen atoms in total. The minimum absolute atomic E-state index is 0.520. The minimum Gasteiger partial charge on any atom is -0.384 e. The number of ether oxygens (including phenoxy) is 1. The highest BCUT2D eigenvalue weighted by Gasteiger charge is 2.34. The summed E-state index contributed by atoms with van der Waals surface area (Å²) in [4.78, 5) is 0. The molecule has 1 aliphatic carbocycles. The number of hydrogen-bond donors (Lipinski definition) is 1. The van der Waals surface area contributed by atoms with Gasteiger partial charge in [-0.3, -0.25) is 0 Å². The van der Waals surface area contributed by atoms with Crippen molar-refractivity contribution in [1.82, 2.24) is 5.32 Å². The van der Waals surface area contributed by atoms with Crippen LogP contribution in [0.3, 0.4) is 0 Å². The van der Waals surface area contributed by atoms with Gasteiger partial charge in [-0.25, -0.2) is 0 Å². The van der Waals surface area contributed by atoms with Gasteiger partial charge in [-0.2, -0.15) is 0 Å². The fraction of sp³-hybridized carbons (Fsp3) is 1.00. The fourth-order valence-electron chi connectivity index (χ4n) is 2.80. The Bertz CT molecular complexity index is 179. The SMILES string of the molecule is CCNCC1CCC(C)(C)CC1COC. The lowest BCUT2D eigenvalue weighted by molar-refractivity contribution is 0.0466. The first-order valence-corrected chi connectivity index (χ1v) is 6.28. The lowest BCUT2D eigenvalue weighted by Gasteiger charge is -2.40. The number of hydrogen-bond acceptors (Lipinski definition) is 2. The molecule has 1 saturated carbocycles. The van der Waals surface area contributed by atoms with E-state index < -0.39 is 0 Å². The highest BCUT2D eigenvalue weighted by molar-refractivity contribution is 4.85. The molecule has 0 saturated heterocycles. The smallest absolute Gasteiger partial charge is 0.0493 e. The summed E-state index contributed by atoms with van der Waals surface area (Å²) in [6, 6.07) is 0. The van der Waals surface area contributed by atoms with Gasteiger partial charge in [0.15, 0.2) is 0 Å². The molecule has 2 unspecified atom stereocenters. The van der Waals surface area contributed by atoms with Crippen LogP contribution in [0.1, 0.15) is 40.0 Å². The van der Waals surface area contributed by atoms with E-state index in [1.165, 1.54) is 25.8 Å². The van der Waals surface area contributed by atoms with Crippen molar-refractivity contribution >= 4 is 0 Å². The molecule has 0 bridgehead atoms. The summed E-state index contributed by atoms with van der Waals surface area (Å²) in [5.41, 5.74) is 0.520. The monoisotopic (exact) mass is 213 g/mol. The van der Waals surface area contributed by atoms with Crippen LogP contribution in [0.25, 0.3) is 0 Å². The zero-order valence-electron chi connectivity index (χ0n) is 10.8. The van der Waals surface area contributed by atoms with Crippen LogP contribution in [0.4, 0.5) is 0 Å². The molecule has 0 radical (unpaired) electrons. The summed E-state index contributed by atoms with van der Waals surface area (Å²) in [5.74, 6) is 1.57. The topological polar surface area (TPSA) is 21.3 Å². The summed E-state index contributed by atoms with van der Waals surface area (Å²) in [6.45, 7) is 10.1. The number of rotatable bonds is 5. The Morgan fingerprint density at radius 1 is 1.33 bits per heavy atom. The van der Waals surface area contributed by atoms with Gasteiger partial charge in [0.25, 0.3) is 0 Å².